The second-order valence-electron chi connectivity index (χ2n) is 10.0. The predicted octanol–water partition coefficient (Wildman–Crippen LogP) is 4.09. The van der Waals surface area contributed by atoms with Crippen molar-refractivity contribution < 1.29 is 32.3 Å². The summed E-state index contributed by atoms with van der Waals surface area (Å²) in [5.74, 6) is -1.94. The fourth-order valence-electron chi connectivity index (χ4n) is 4.86. The predicted molar refractivity (Wildman–Crippen MR) is 150 cm³/mol. The number of carbonyl (C=O) groups is 4. The molecule has 0 bridgehead atoms. The molecule has 0 radical (unpaired) electrons. The van der Waals surface area contributed by atoms with Crippen LogP contribution in [0.3, 0.4) is 0 Å². The number of hydrogen-bond acceptors (Lipinski definition) is 5. The minimum atomic E-state index is -4.59. The fourth-order valence-corrected chi connectivity index (χ4v) is 4.86. The quantitative estimate of drug-likeness (QED) is 0.312. The zero-order valence-corrected chi connectivity index (χ0v) is 22.7. The molecule has 3 amide bonds. The highest BCUT2D eigenvalue weighted by Gasteiger charge is 2.36. The molecule has 11 heteroatoms. The first-order valence-corrected chi connectivity index (χ1v) is 13.5. The molecule has 4 rings (SSSR count). The van der Waals surface area contributed by atoms with E-state index in [1.54, 1.807) is 30.3 Å². The van der Waals surface area contributed by atoms with Gasteiger partial charge in [-0.1, -0.05) is 60.7 Å². The number of carbonyl (C=O) groups excluding carboxylic acids is 4. The van der Waals surface area contributed by atoms with E-state index in [-0.39, 0.29) is 50.2 Å². The van der Waals surface area contributed by atoms with Gasteiger partial charge in [-0.25, -0.2) is 0 Å². The number of nitrogens with zero attached hydrogens (tertiary/aromatic N) is 1. The summed E-state index contributed by atoms with van der Waals surface area (Å²) >= 11 is 0. The maximum Gasteiger partial charge on any atom is 0.416 e. The van der Waals surface area contributed by atoms with Crippen LogP contribution in [0.15, 0.2) is 78.9 Å². The maximum absolute atomic E-state index is 13.6. The molecule has 3 aromatic rings. The maximum atomic E-state index is 13.6. The molecule has 1 aliphatic heterocycles. The van der Waals surface area contributed by atoms with E-state index >= 15 is 0 Å². The van der Waals surface area contributed by atoms with Crippen molar-refractivity contribution in [2.75, 3.05) is 11.9 Å². The normalized spacial score (nSPS) is 15.3. The number of rotatable bonds is 10. The van der Waals surface area contributed by atoms with Gasteiger partial charge < -0.3 is 21.3 Å². The molecule has 0 aromatic heterocycles. The van der Waals surface area contributed by atoms with Gasteiger partial charge in [0.05, 0.1) is 5.56 Å². The van der Waals surface area contributed by atoms with Gasteiger partial charge in [0.1, 0.15) is 12.1 Å². The van der Waals surface area contributed by atoms with Gasteiger partial charge in [-0.05, 0) is 42.3 Å². The lowest BCUT2D eigenvalue weighted by Crippen LogP contribution is -2.56. The van der Waals surface area contributed by atoms with Crippen molar-refractivity contribution >= 4 is 29.2 Å². The lowest BCUT2D eigenvalue weighted by atomic mass is 9.92. The number of anilines is 1. The van der Waals surface area contributed by atoms with E-state index in [2.05, 4.69) is 10.6 Å². The molecule has 2 atom stereocenters. The van der Waals surface area contributed by atoms with E-state index in [9.17, 15) is 32.3 Å². The van der Waals surface area contributed by atoms with Crippen molar-refractivity contribution in [1.29, 1.82) is 0 Å². The van der Waals surface area contributed by atoms with Gasteiger partial charge in [-0.2, -0.15) is 13.2 Å². The standard InChI is InChI=1S/C31H31F3N4O4/c32-31(33,34)23-11-6-12-24(18-23)36-29(41)25(15-16-35)37-30(42)26-17-21-9-4-5-10-22(21)19-38(26)28(40)14-13-27(39)20-7-2-1-3-8-20/h1-12,18,25-26H,13-17,19,35H2,(H,36,41)(H,37,42)/t25-,26-/m0/s1. The van der Waals surface area contributed by atoms with Crippen molar-refractivity contribution in [3.8, 4) is 0 Å². The molecular weight excluding hydrogens is 549 g/mol. The summed E-state index contributed by atoms with van der Waals surface area (Å²) in [6.45, 7) is 0.156. The van der Waals surface area contributed by atoms with Crippen LogP contribution in [0.1, 0.15) is 46.3 Å². The van der Waals surface area contributed by atoms with Crippen LogP contribution in [0, 0.1) is 0 Å². The molecule has 0 saturated heterocycles. The molecule has 0 aliphatic carbocycles. The van der Waals surface area contributed by atoms with Crippen LogP contribution < -0.4 is 16.4 Å². The van der Waals surface area contributed by atoms with Crippen molar-refractivity contribution in [2.45, 2.75) is 50.5 Å². The van der Waals surface area contributed by atoms with Crippen LogP contribution in [0.4, 0.5) is 18.9 Å². The molecule has 1 heterocycles. The van der Waals surface area contributed by atoms with Crippen LogP contribution in [0.5, 0.6) is 0 Å². The summed E-state index contributed by atoms with van der Waals surface area (Å²) in [5.41, 5.74) is 6.88. The number of ketones is 1. The molecule has 0 unspecified atom stereocenters. The van der Waals surface area contributed by atoms with Gasteiger partial charge >= 0.3 is 6.18 Å². The number of fused-ring (bicyclic) bond motifs is 1. The van der Waals surface area contributed by atoms with Crippen molar-refractivity contribution in [1.82, 2.24) is 10.2 Å². The number of nitrogens with two attached hydrogens (primary N) is 1. The highest BCUT2D eigenvalue weighted by molar-refractivity contribution is 6.00. The van der Waals surface area contributed by atoms with E-state index in [1.165, 1.54) is 17.0 Å². The lowest BCUT2D eigenvalue weighted by molar-refractivity contribution is -0.142. The van der Waals surface area contributed by atoms with Gasteiger partial charge in [-0.15, -0.1) is 0 Å². The van der Waals surface area contributed by atoms with E-state index in [0.29, 0.717) is 5.56 Å². The van der Waals surface area contributed by atoms with Crippen molar-refractivity contribution in [3.05, 3.63) is 101 Å². The third-order valence-electron chi connectivity index (χ3n) is 7.08. The summed E-state index contributed by atoms with van der Waals surface area (Å²) in [7, 11) is 0. The fraction of sp³-hybridized carbons (Fsp3) is 0.290. The number of hydrogen-bond donors (Lipinski definition) is 3. The summed E-state index contributed by atoms with van der Waals surface area (Å²) < 4.78 is 39.4. The van der Waals surface area contributed by atoms with Gasteiger partial charge in [0.25, 0.3) is 0 Å². The minimum absolute atomic E-state index is 0.0126. The monoisotopic (exact) mass is 580 g/mol. The lowest BCUT2D eigenvalue weighted by Gasteiger charge is -2.36. The number of Topliss-reactive ketones (excluding diaryl/α,β-unsaturated/α-hetero) is 1. The summed E-state index contributed by atoms with van der Waals surface area (Å²) in [5, 5.41) is 5.06. The highest BCUT2D eigenvalue weighted by atomic mass is 19.4. The van der Waals surface area contributed by atoms with Crippen molar-refractivity contribution in [2.24, 2.45) is 5.73 Å². The first-order valence-electron chi connectivity index (χ1n) is 13.5. The third-order valence-corrected chi connectivity index (χ3v) is 7.08. The van der Waals surface area contributed by atoms with E-state index in [4.69, 9.17) is 5.73 Å². The third kappa shape index (κ3) is 7.61. The first-order chi connectivity index (χ1) is 20.1. The molecule has 42 heavy (non-hydrogen) atoms. The summed E-state index contributed by atoms with van der Waals surface area (Å²) in [6, 6.07) is 18.0. The molecule has 0 saturated carbocycles. The Morgan fingerprint density at radius 1 is 0.905 bits per heavy atom. The zero-order chi connectivity index (χ0) is 30.3. The Bertz CT molecular complexity index is 1450. The molecule has 3 aromatic carbocycles. The van der Waals surface area contributed by atoms with Gasteiger partial charge in [0.2, 0.25) is 17.7 Å². The Kier molecular flexibility index (Phi) is 9.74. The van der Waals surface area contributed by atoms with E-state index in [0.717, 1.165) is 23.3 Å². The Morgan fingerprint density at radius 3 is 2.29 bits per heavy atom. The Hall–Kier alpha value is -4.51. The van der Waals surface area contributed by atoms with Crippen LogP contribution in [0.2, 0.25) is 0 Å². The van der Waals surface area contributed by atoms with Gasteiger partial charge in [0, 0.05) is 37.1 Å². The number of alkyl halides is 3. The SMILES string of the molecule is NCC[C@H](NC(=O)[C@@H]1Cc2ccccc2CN1C(=O)CCC(=O)c1ccccc1)C(=O)Nc1cccc(C(F)(F)F)c1. The summed E-state index contributed by atoms with van der Waals surface area (Å²) in [6.07, 6.45) is -4.54. The van der Waals surface area contributed by atoms with Crippen LogP contribution >= 0.6 is 0 Å². The second-order valence-corrected chi connectivity index (χ2v) is 10.0. The zero-order valence-electron chi connectivity index (χ0n) is 22.7. The minimum Gasteiger partial charge on any atom is -0.342 e. The topological polar surface area (TPSA) is 122 Å². The molecule has 0 spiro atoms. The second kappa shape index (κ2) is 13.4. The summed E-state index contributed by atoms with van der Waals surface area (Å²) in [4.78, 5) is 54.0. The van der Waals surface area contributed by atoms with Gasteiger partial charge in [0.15, 0.2) is 5.78 Å². The van der Waals surface area contributed by atoms with Crippen LogP contribution in [-0.4, -0.2) is 47.0 Å². The van der Waals surface area contributed by atoms with Crippen LogP contribution in [-0.2, 0) is 33.5 Å². The number of halogens is 3. The Balaban J connectivity index is 1.49. The smallest absolute Gasteiger partial charge is 0.342 e. The highest BCUT2D eigenvalue weighted by Crippen LogP contribution is 2.31. The van der Waals surface area contributed by atoms with E-state index < -0.39 is 41.5 Å². The Labute approximate surface area is 241 Å². The molecule has 4 N–H and O–H groups in total. The number of amides is 3. The van der Waals surface area contributed by atoms with Gasteiger partial charge in [-0.3, -0.25) is 19.2 Å². The number of benzene rings is 3. The Morgan fingerprint density at radius 2 is 1.60 bits per heavy atom. The largest absolute Gasteiger partial charge is 0.416 e. The molecule has 0 fully saturated rings. The average Bonchev–Trinajstić information content (AvgIpc) is 2.98. The number of nitrogens with one attached hydrogen (secondary N) is 2. The molecular formula is C31H31F3N4O4. The van der Waals surface area contributed by atoms with E-state index in [1.807, 2.05) is 24.3 Å². The van der Waals surface area contributed by atoms with Crippen LogP contribution in [0.25, 0.3) is 0 Å². The molecule has 220 valence electrons. The molecule has 8 nitrogen and oxygen atoms in total. The van der Waals surface area contributed by atoms with Crippen molar-refractivity contribution in [3.63, 3.8) is 0 Å². The first kappa shape index (κ1) is 30.4. The average molecular weight is 581 g/mol. The molecule has 1 aliphatic rings.